The summed E-state index contributed by atoms with van der Waals surface area (Å²) in [7, 11) is 5.95. The normalized spacial score (nSPS) is 12.3. The van der Waals surface area contributed by atoms with Crippen LogP contribution in [0.4, 0.5) is 8.78 Å². The van der Waals surface area contributed by atoms with E-state index in [0.717, 1.165) is 106 Å². The Kier molecular flexibility index (Phi) is 30.3. The largest absolute Gasteiger partial charge is 0.477 e. The Balaban J connectivity index is 0.000000138. The summed E-state index contributed by atoms with van der Waals surface area (Å²) in [6.07, 6.45) is 11.9. The molecule has 12 aromatic heterocycles. The molecule has 0 N–H and O–H groups in total. The molecule has 0 radical (unpaired) electrons. The smallest absolute Gasteiger partial charge is 0.332 e. The summed E-state index contributed by atoms with van der Waals surface area (Å²) in [5.74, 6) is 1.78. The third-order valence-corrected chi connectivity index (χ3v) is 24.2. The van der Waals surface area contributed by atoms with E-state index < -0.39 is 45.5 Å². The van der Waals surface area contributed by atoms with Crippen LogP contribution in [0.1, 0.15) is 131 Å². The van der Waals surface area contributed by atoms with Gasteiger partial charge in [0.05, 0.1) is 44.2 Å². The Morgan fingerprint density at radius 3 is 0.979 bits per heavy atom. The first-order chi connectivity index (χ1) is 69.0. The highest BCUT2D eigenvalue weighted by molar-refractivity contribution is 5.84. The highest BCUT2D eigenvalue weighted by Gasteiger charge is 2.32. The molecule has 1 aliphatic rings. The lowest BCUT2D eigenvalue weighted by Gasteiger charge is -2.20. The van der Waals surface area contributed by atoms with Crippen molar-refractivity contribution in [1.29, 1.82) is 0 Å². The number of halogens is 2. The number of rotatable bonds is 27. The first-order valence-electron chi connectivity index (χ1n) is 48.0. The van der Waals surface area contributed by atoms with Crippen molar-refractivity contribution in [3.8, 4) is 79.8 Å². The molecule has 32 nitrogen and oxygen atoms in total. The number of para-hydroxylation sites is 2. The zero-order valence-corrected chi connectivity index (χ0v) is 83.3. The summed E-state index contributed by atoms with van der Waals surface area (Å²) in [6.45, 7) is 25.8. The lowest BCUT2D eigenvalue weighted by Crippen LogP contribution is -2.40. The van der Waals surface area contributed by atoms with E-state index in [1.54, 1.807) is 93.6 Å². The van der Waals surface area contributed by atoms with Crippen molar-refractivity contribution in [1.82, 2.24) is 95.6 Å². The van der Waals surface area contributed by atoms with Gasteiger partial charge in [0.1, 0.15) is 39.1 Å². The van der Waals surface area contributed by atoms with E-state index in [4.69, 9.17) is 39.3 Å². The lowest BCUT2D eigenvalue weighted by molar-refractivity contribution is 0.192. The quantitative estimate of drug-likeness (QED) is 0.0432. The summed E-state index contributed by atoms with van der Waals surface area (Å²) >= 11 is 0. The fourth-order valence-electron chi connectivity index (χ4n) is 17.2. The summed E-state index contributed by atoms with van der Waals surface area (Å²) in [4.78, 5) is 121. The molecule has 0 unspecified atom stereocenters. The highest BCUT2D eigenvalue weighted by atomic mass is 19.1. The topological polar surface area (TPSA) is 336 Å². The van der Waals surface area contributed by atoms with E-state index in [1.165, 1.54) is 44.9 Å². The van der Waals surface area contributed by atoms with E-state index in [0.29, 0.717) is 121 Å². The molecular weight excluding hydrogens is 1830 g/mol. The Bertz CT molecular complexity index is 8190. The second kappa shape index (κ2) is 43.4. The number of hydrogen-bond donors (Lipinski definition) is 0. The van der Waals surface area contributed by atoms with Crippen molar-refractivity contribution in [2.24, 2.45) is 50.9 Å². The maximum Gasteiger partial charge on any atom is 0.332 e. The van der Waals surface area contributed by atoms with E-state index in [2.05, 4.69) is 32.1 Å². The second-order valence-electron chi connectivity index (χ2n) is 39.2. The molecule has 0 saturated heterocycles. The van der Waals surface area contributed by atoms with Gasteiger partial charge in [0.15, 0.2) is 22.6 Å². The third-order valence-electron chi connectivity index (χ3n) is 24.2. The van der Waals surface area contributed by atoms with Gasteiger partial charge in [0.25, 0.3) is 22.2 Å². The predicted octanol–water partition coefficient (Wildman–Crippen LogP) is 17.4. The number of nitrogens with zero attached hydrogens (tertiary/aromatic N) is 20. The van der Waals surface area contributed by atoms with Crippen molar-refractivity contribution in [3.05, 3.63) is 361 Å². The minimum Gasteiger partial charge on any atom is -0.477 e. The minimum absolute atomic E-state index is 0.0141. The molecule has 0 aliphatic heterocycles. The third kappa shape index (κ3) is 22.8. The first kappa shape index (κ1) is 101. The number of aromatic nitrogens is 20. The molecule has 1 fully saturated rings. The zero-order chi connectivity index (χ0) is 102. The minimum atomic E-state index is -0.540. The molecular formula is C110H116F2N20O12. The van der Waals surface area contributed by atoms with Gasteiger partial charge in [-0.3, -0.25) is 65.7 Å². The van der Waals surface area contributed by atoms with Crippen LogP contribution in [0.3, 0.4) is 0 Å². The molecule has 0 bridgehead atoms. The van der Waals surface area contributed by atoms with E-state index in [9.17, 15) is 47.1 Å². The maximum atomic E-state index is 13.6. The van der Waals surface area contributed by atoms with Crippen molar-refractivity contribution in [2.45, 2.75) is 167 Å². The van der Waals surface area contributed by atoms with Gasteiger partial charge in [-0.05, 0) is 172 Å². The Hall–Kier alpha value is -16.4. The van der Waals surface area contributed by atoms with Gasteiger partial charge >= 0.3 is 22.8 Å². The Labute approximate surface area is 827 Å². The number of hydrogen-bond acceptors (Lipinski definition) is 20. The molecule has 18 aromatic rings. The predicted molar refractivity (Wildman–Crippen MR) is 552 cm³/mol. The van der Waals surface area contributed by atoms with Gasteiger partial charge in [-0.25, -0.2) is 47.9 Å². The molecule has 12 heterocycles. The summed E-state index contributed by atoms with van der Waals surface area (Å²) < 4.78 is 69.4. The first-order valence-corrected chi connectivity index (χ1v) is 48.0. The number of pyridine rings is 4. The van der Waals surface area contributed by atoms with Gasteiger partial charge in [-0.2, -0.15) is 29.2 Å². The average molecular weight is 1950 g/mol. The van der Waals surface area contributed by atoms with Gasteiger partial charge in [0, 0.05) is 90.3 Å². The van der Waals surface area contributed by atoms with Gasteiger partial charge in [0.2, 0.25) is 35.4 Å². The maximum absolute atomic E-state index is 13.6. The fraction of sp³-hybridized carbons (Fsp3) is 0.309. The van der Waals surface area contributed by atoms with Crippen molar-refractivity contribution in [3.63, 3.8) is 0 Å². The van der Waals surface area contributed by atoms with E-state index in [1.807, 2.05) is 234 Å². The van der Waals surface area contributed by atoms with Crippen LogP contribution in [0.25, 0.3) is 88.9 Å². The van der Waals surface area contributed by atoms with E-state index >= 15 is 0 Å². The van der Waals surface area contributed by atoms with Crippen LogP contribution >= 0.6 is 0 Å². The molecule has 0 amide bonds. The van der Waals surface area contributed by atoms with Crippen LogP contribution in [0, 0.1) is 34.6 Å². The highest BCUT2D eigenvalue weighted by Crippen LogP contribution is 2.36. The molecule has 0 spiro atoms. The van der Waals surface area contributed by atoms with Gasteiger partial charge < -0.3 is 18.9 Å². The summed E-state index contributed by atoms with van der Waals surface area (Å²) in [5, 5.41) is 20.1. The molecule has 6 aromatic carbocycles. The Morgan fingerprint density at radius 1 is 0.354 bits per heavy atom. The van der Waals surface area contributed by atoms with Gasteiger partial charge in [-0.1, -0.05) is 222 Å². The van der Waals surface area contributed by atoms with Crippen molar-refractivity contribution < 1.29 is 27.7 Å². The summed E-state index contributed by atoms with van der Waals surface area (Å²) in [6, 6.07) is 67.0. The average Bonchev–Trinajstić information content (AvgIpc) is 1.60. The van der Waals surface area contributed by atoms with E-state index in [-0.39, 0.29) is 69.0 Å². The molecule has 742 valence electrons. The van der Waals surface area contributed by atoms with Crippen LogP contribution in [-0.4, -0.2) is 108 Å². The number of ether oxygens (including phenoxy) is 4. The van der Waals surface area contributed by atoms with Crippen LogP contribution in [0.2, 0.25) is 0 Å². The van der Waals surface area contributed by atoms with Crippen molar-refractivity contribution >= 4 is 44.1 Å². The fourth-order valence-corrected chi connectivity index (χ4v) is 17.2. The van der Waals surface area contributed by atoms with Crippen LogP contribution in [0.5, 0.6) is 35.0 Å². The van der Waals surface area contributed by atoms with Crippen molar-refractivity contribution in [2.75, 3.05) is 6.61 Å². The lowest BCUT2D eigenvalue weighted by atomic mass is 9.97. The van der Waals surface area contributed by atoms with Crippen LogP contribution in [0.15, 0.2) is 282 Å². The molecule has 34 heteroatoms. The Morgan fingerprint density at radius 2 is 0.653 bits per heavy atom. The SMILES string of the molecule is CC(C)Cn1c(=O)n(C)c(=O)c2c(OC3CCCC3)n(Cc3ccc(-c4cccc(F)n4)cc3)nc21.CC(C)Cn1c(=O)n(C)c(=O)c2c(Oc3ccccc3)n(Cc3ccc(-c4cccc(F)n4)cc3)nc21.CCCOc1c2c(=O)n(C)c(=O)n(CC(C)(C)C)c2nn1Cc1ccc(-c2ccncc2)cc1.Cn1c(=O)c2c(Oc3ccccc3)n(Cc3ccc(-c4ccncc4)cc3)nc2n(CC(C)(C)C)c1=O. The second-order valence-corrected chi connectivity index (χ2v) is 39.2. The van der Waals surface area contributed by atoms with Crippen LogP contribution < -0.4 is 63.9 Å². The number of fused-ring (bicyclic) bond motifs is 4. The molecule has 144 heavy (non-hydrogen) atoms. The monoisotopic (exact) mass is 1950 g/mol. The zero-order valence-electron chi connectivity index (χ0n) is 83.3. The molecule has 19 rings (SSSR count). The molecule has 1 saturated carbocycles. The molecule has 1 aliphatic carbocycles. The van der Waals surface area contributed by atoms with Gasteiger partial charge in [-0.15, -0.1) is 0 Å². The molecule has 0 atom stereocenters. The summed E-state index contributed by atoms with van der Waals surface area (Å²) in [5.41, 5.74) is 8.44. The standard InChI is InChI=1S/C29H29N5O3.C28H26FN5O3.C27H30FN5O3.C26H31N5O3/c1-29(2,3)19-33-25-24(26(35)32(4)28(33)36)27(37-23-8-6-5-7-9-23)34(31-25)18-20-10-12-21(13-11-20)22-14-16-30-17-15-22;1-18(2)16-33-25-24(26(35)32(3)28(33)36)27(37-21-8-5-4-6-9-21)34(31-25)17-19-12-14-20(15-13-19)22-10-7-11-23(29)30-22;1-17(2)15-32-24-23(25(34)31(3)27(32)35)26(36-20-7-4-5-8-20)33(30-24)16-18-11-13-19(14-12-18)21-9-6-10-22(28)29-21;1-6-15-34-24-21-22(30(17-26(2,3)4)25(33)29(5)23(21)32)28-31(24)16-18-7-9-19(10-8-18)20-11-13-27-14-12-20/h5-17H,18-19H2,1-4H3;4-15,18H,16-17H2,1-3H3;6,9-14,17,20H,4-5,7-8,15-16H2,1-3H3;7-14H,6,15-17H2,1-5H3. The van der Waals surface area contributed by atoms with Crippen LogP contribution in [-0.2, 0) is 80.5 Å². The number of benzene rings is 6.